The summed E-state index contributed by atoms with van der Waals surface area (Å²) in [4.78, 5) is 2.53. The quantitative estimate of drug-likeness (QED) is 0.885. The number of hydrogen-bond acceptors (Lipinski definition) is 2. The zero-order valence-corrected chi connectivity index (χ0v) is 12.9. The summed E-state index contributed by atoms with van der Waals surface area (Å²) in [5, 5.41) is 3.64. The molecule has 0 aromatic heterocycles. The van der Waals surface area contributed by atoms with Gasteiger partial charge in [-0.1, -0.05) is 19.1 Å². The number of nitrogens with one attached hydrogen (secondary N) is 1. The van der Waals surface area contributed by atoms with Crippen LogP contribution in [0, 0.1) is 11.7 Å². The van der Waals surface area contributed by atoms with Crippen molar-refractivity contribution in [3.8, 4) is 0 Å². The zero-order chi connectivity index (χ0) is 14.5. The SMILES string of the molecule is CCN1CCCC(C(C)N[C@@H](C)c2cccc(F)c2)C1. The van der Waals surface area contributed by atoms with Crippen LogP contribution in [0.15, 0.2) is 24.3 Å². The normalized spacial score (nSPS) is 23.5. The fourth-order valence-corrected chi connectivity index (χ4v) is 3.19. The monoisotopic (exact) mass is 278 g/mol. The smallest absolute Gasteiger partial charge is 0.123 e. The van der Waals surface area contributed by atoms with Gasteiger partial charge in [0.2, 0.25) is 0 Å². The molecular formula is C17H27FN2. The fraction of sp³-hybridized carbons (Fsp3) is 0.647. The van der Waals surface area contributed by atoms with Gasteiger partial charge in [0.1, 0.15) is 5.82 Å². The third kappa shape index (κ3) is 4.03. The highest BCUT2D eigenvalue weighted by atomic mass is 19.1. The van der Waals surface area contributed by atoms with Crippen molar-refractivity contribution in [1.82, 2.24) is 10.2 Å². The maximum atomic E-state index is 13.3. The molecule has 1 N–H and O–H groups in total. The summed E-state index contributed by atoms with van der Waals surface area (Å²) in [6.07, 6.45) is 2.58. The van der Waals surface area contributed by atoms with E-state index < -0.39 is 0 Å². The molecule has 2 rings (SSSR count). The summed E-state index contributed by atoms with van der Waals surface area (Å²) in [6.45, 7) is 10.2. The number of nitrogens with zero attached hydrogens (tertiary/aromatic N) is 1. The maximum Gasteiger partial charge on any atom is 0.123 e. The van der Waals surface area contributed by atoms with Crippen LogP contribution in [0.3, 0.4) is 0 Å². The van der Waals surface area contributed by atoms with Crippen LogP contribution in [-0.2, 0) is 0 Å². The number of rotatable bonds is 5. The minimum atomic E-state index is -0.154. The summed E-state index contributed by atoms with van der Waals surface area (Å²) in [5.74, 6) is 0.540. The fourth-order valence-electron chi connectivity index (χ4n) is 3.19. The molecule has 1 aliphatic rings. The molecule has 20 heavy (non-hydrogen) atoms. The minimum Gasteiger partial charge on any atom is -0.307 e. The van der Waals surface area contributed by atoms with Crippen LogP contribution < -0.4 is 5.32 Å². The predicted octanol–water partition coefficient (Wildman–Crippen LogP) is 3.60. The van der Waals surface area contributed by atoms with Crippen molar-refractivity contribution in [3.05, 3.63) is 35.6 Å². The molecule has 0 amide bonds. The van der Waals surface area contributed by atoms with Gasteiger partial charge in [0.15, 0.2) is 0 Å². The Morgan fingerprint density at radius 3 is 2.90 bits per heavy atom. The highest BCUT2D eigenvalue weighted by molar-refractivity contribution is 5.19. The van der Waals surface area contributed by atoms with Crippen LogP contribution in [0.5, 0.6) is 0 Å². The van der Waals surface area contributed by atoms with Gasteiger partial charge in [-0.2, -0.15) is 0 Å². The average molecular weight is 278 g/mol. The highest BCUT2D eigenvalue weighted by Gasteiger charge is 2.24. The summed E-state index contributed by atoms with van der Waals surface area (Å²) >= 11 is 0. The van der Waals surface area contributed by atoms with E-state index in [0.29, 0.717) is 12.0 Å². The second kappa shape index (κ2) is 7.19. The molecule has 0 spiro atoms. The van der Waals surface area contributed by atoms with Crippen molar-refractivity contribution >= 4 is 0 Å². The first-order valence-electron chi connectivity index (χ1n) is 7.84. The standard InChI is InChI=1S/C17H27FN2/c1-4-20-10-6-8-16(12-20)14(3)19-13(2)15-7-5-9-17(18)11-15/h5,7,9,11,13-14,16,19H,4,6,8,10,12H2,1-3H3/t13-,14?,16?/m0/s1. The third-order valence-electron chi connectivity index (χ3n) is 4.56. The Balaban J connectivity index is 1.91. The molecule has 112 valence electrons. The molecule has 0 aliphatic carbocycles. The Morgan fingerprint density at radius 1 is 1.40 bits per heavy atom. The van der Waals surface area contributed by atoms with Crippen LogP contribution in [0.1, 0.15) is 45.2 Å². The number of hydrogen-bond donors (Lipinski definition) is 1. The molecule has 2 unspecified atom stereocenters. The van der Waals surface area contributed by atoms with Crippen molar-refractivity contribution < 1.29 is 4.39 Å². The summed E-state index contributed by atoms with van der Waals surface area (Å²) in [6, 6.07) is 7.56. The minimum absolute atomic E-state index is 0.154. The second-order valence-electron chi connectivity index (χ2n) is 6.03. The first kappa shape index (κ1) is 15.5. The van der Waals surface area contributed by atoms with Gasteiger partial charge in [-0.15, -0.1) is 0 Å². The van der Waals surface area contributed by atoms with Gasteiger partial charge in [-0.05, 0) is 63.4 Å². The lowest BCUT2D eigenvalue weighted by Gasteiger charge is -2.36. The molecule has 1 saturated heterocycles. The third-order valence-corrected chi connectivity index (χ3v) is 4.56. The Morgan fingerprint density at radius 2 is 2.20 bits per heavy atom. The molecular weight excluding hydrogens is 251 g/mol. The van der Waals surface area contributed by atoms with Gasteiger partial charge in [-0.3, -0.25) is 0 Å². The maximum absolute atomic E-state index is 13.3. The van der Waals surface area contributed by atoms with E-state index in [9.17, 15) is 4.39 Å². The molecule has 3 heteroatoms. The van der Waals surface area contributed by atoms with E-state index in [1.807, 2.05) is 6.07 Å². The lowest BCUT2D eigenvalue weighted by atomic mass is 9.90. The largest absolute Gasteiger partial charge is 0.307 e. The first-order valence-corrected chi connectivity index (χ1v) is 7.84. The highest BCUT2D eigenvalue weighted by Crippen LogP contribution is 2.22. The zero-order valence-electron chi connectivity index (χ0n) is 12.9. The van der Waals surface area contributed by atoms with Crippen molar-refractivity contribution in [2.75, 3.05) is 19.6 Å². The molecule has 1 aliphatic heterocycles. The Bertz CT molecular complexity index is 421. The Labute approximate surface area is 122 Å². The summed E-state index contributed by atoms with van der Waals surface area (Å²) < 4.78 is 13.3. The number of piperidine rings is 1. The van der Waals surface area contributed by atoms with Crippen molar-refractivity contribution in [1.29, 1.82) is 0 Å². The van der Waals surface area contributed by atoms with Crippen LogP contribution in [0.2, 0.25) is 0 Å². The van der Waals surface area contributed by atoms with Gasteiger partial charge < -0.3 is 10.2 Å². The molecule has 1 aromatic rings. The summed E-state index contributed by atoms with van der Waals surface area (Å²) in [7, 11) is 0. The van der Waals surface area contributed by atoms with Crippen LogP contribution in [0.25, 0.3) is 0 Å². The van der Waals surface area contributed by atoms with E-state index in [-0.39, 0.29) is 11.9 Å². The Hall–Kier alpha value is -0.930. The number of benzene rings is 1. The molecule has 0 saturated carbocycles. The Kier molecular flexibility index (Phi) is 5.55. The topological polar surface area (TPSA) is 15.3 Å². The van der Waals surface area contributed by atoms with E-state index in [0.717, 1.165) is 12.1 Å². The van der Waals surface area contributed by atoms with Crippen LogP contribution in [-0.4, -0.2) is 30.6 Å². The molecule has 1 heterocycles. The molecule has 1 fully saturated rings. The van der Waals surface area contributed by atoms with Crippen molar-refractivity contribution in [2.45, 2.75) is 45.7 Å². The van der Waals surface area contributed by atoms with E-state index in [2.05, 4.69) is 31.0 Å². The van der Waals surface area contributed by atoms with Gasteiger partial charge >= 0.3 is 0 Å². The van der Waals surface area contributed by atoms with Gasteiger partial charge in [-0.25, -0.2) is 4.39 Å². The van der Waals surface area contributed by atoms with Crippen LogP contribution >= 0.6 is 0 Å². The second-order valence-corrected chi connectivity index (χ2v) is 6.03. The number of likely N-dealkylation sites (tertiary alicyclic amines) is 1. The van der Waals surface area contributed by atoms with E-state index in [4.69, 9.17) is 0 Å². The lowest BCUT2D eigenvalue weighted by Crippen LogP contribution is -2.44. The van der Waals surface area contributed by atoms with E-state index >= 15 is 0 Å². The molecule has 0 radical (unpaired) electrons. The van der Waals surface area contributed by atoms with Gasteiger partial charge in [0, 0.05) is 18.6 Å². The van der Waals surface area contributed by atoms with Crippen LogP contribution in [0.4, 0.5) is 4.39 Å². The molecule has 2 nitrogen and oxygen atoms in total. The van der Waals surface area contributed by atoms with E-state index in [1.54, 1.807) is 12.1 Å². The number of halogens is 1. The van der Waals surface area contributed by atoms with E-state index in [1.165, 1.54) is 32.0 Å². The van der Waals surface area contributed by atoms with Gasteiger partial charge in [0.05, 0.1) is 0 Å². The summed E-state index contributed by atoms with van der Waals surface area (Å²) in [5.41, 5.74) is 1.03. The molecule has 1 aromatic carbocycles. The molecule has 3 atom stereocenters. The first-order chi connectivity index (χ1) is 9.60. The van der Waals surface area contributed by atoms with Gasteiger partial charge in [0.25, 0.3) is 0 Å². The van der Waals surface area contributed by atoms with Crippen molar-refractivity contribution in [2.24, 2.45) is 5.92 Å². The predicted molar refractivity (Wildman–Crippen MR) is 82.3 cm³/mol. The average Bonchev–Trinajstić information content (AvgIpc) is 2.47. The van der Waals surface area contributed by atoms with Crippen molar-refractivity contribution in [3.63, 3.8) is 0 Å². The molecule has 0 bridgehead atoms. The lowest BCUT2D eigenvalue weighted by molar-refractivity contribution is 0.153.